The minimum atomic E-state index is -3.17. The Morgan fingerprint density at radius 2 is 1.81 bits per heavy atom. The molecule has 1 aliphatic carbocycles. The summed E-state index contributed by atoms with van der Waals surface area (Å²) < 4.78 is 22.8. The van der Waals surface area contributed by atoms with E-state index in [2.05, 4.69) is 5.32 Å². The summed E-state index contributed by atoms with van der Waals surface area (Å²) in [4.78, 5) is 26.8. The Morgan fingerprint density at radius 1 is 1.24 bits per heavy atom. The lowest BCUT2D eigenvalue weighted by Crippen LogP contribution is -2.70. The summed E-state index contributed by atoms with van der Waals surface area (Å²) in [5.74, 6) is -0.180. The largest absolute Gasteiger partial charge is 0.340 e. The smallest absolute Gasteiger partial charge is 0.249 e. The third-order valence-corrected chi connectivity index (χ3v) is 5.54. The van der Waals surface area contributed by atoms with Gasteiger partial charge in [-0.2, -0.15) is 0 Å². The van der Waals surface area contributed by atoms with Gasteiger partial charge in [-0.1, -0.05) is 13.8 Å². The predicted octanol–water partition coefficient (Wildman–Crippen LogP) is 0.327. The highest BCUT2D eigenvalue weighted by Gasteiger charge is 2.53. The fourth-order valence-electron chi connectivity index (χ4n) is 3.02. The maximum Gasteiger partial charge on any atom is 0.249 e. The van der Waals surface area contributed by atoms with Crippen LogP contribution in [-0.4, -0.2) is 55.3 Å². The van der Waals surface area contributed by atoms with Gasteiger partial charge in [0.1, 0.15) is 21.4 Å². The van der Waals surface area contributed by atoms with Gasteiger partial charge in [0.15, 0.2) is 0 Å². The first-order valence-corrected chi connectivity index (χ1v) is 9.61. The maximum atomic E-state index is 12.8. The lowest BCUT2D eigenvalue weighted by molar-refractivity contribution is -0.156. The Morgan fingerprint density at radius 3 is 2.24 bits per heavy atom. The number of amides is 2. The minimum Gasteiger partial charge on any atom is -0.340 e. The van der Waals surface area contributed by atoms with Crippen molar-refractivity contribution >= 4 is 21.7 Å². The molecule has 21 heavy (non-hydrogen) atoms. The van der Waals surface area contributed by atoms with E-state index < -0.39 is 21.4 Å². The topological polar surface area (TPSA) is 83.6 Å². The molecule has 0 radical (unpaired) electrons. The SMILES string of the molecule is CCC1(CC)NC(=O)C(C2CC2)N(CCS(C)(=O)=O)C1=O. The Labute approximate surface area is 126 Å². The zero-order valence-corrected chi connectivity index (χ0v) is 13.7. The molecule has 120 valence electrons. The third kappa shape index (κ3) is 3.22. The first kappa shape index (κ1) is 16.3. The van der Waals surface area contributed by atoms with Crippen LogP contribution in [0, 0.1) is 5.92 Å². The molecule has 2 amide bonds. The van der Waals surface area contributed by atoms with Crippen molar-refractivity contribution in [2.75, 3.05) is 18.6 Å². The van der Waals surface area contributed by atoms with Crippen molar-refractivity contribution in [1.82, 2.24) is 10.2 Å². The summed E-state index contributed by atoms with van der Waals surface area (Å²) >= 11 is 0. The average Bonchev–Trinajstić information content (AvgIpc) is 3.22. The highest BCUT2D eigenvalue weighted by molar-refractivity contribution is 7.90. The number of piperazine rings is 1. The molecule has 0 aromatic carbocycles. The van der Waals surface area contributed by atoms with E-state index in [-0.39, 0.29) is 30.0 Å². The van der Waals surface area contributed by atoms with E-state index in [1.165, 1.54) is 4.90 Å². The monoisotopic (exact) mass is 316 g/mol. The van der Waals surface area contributed by atoms with E-state index in [1.807, 2.05) is 13.8 Å². The van der Waals surface area contributed by atoms with Crippen molar-refractivity contribution in [3.05, 3.63) is 0 Å². The molecule has 1 heterocycles. The van der Waals surface area contributed by atoms with E-state index >= 15 is 0 Å². The first-order chi connectivity index (χ1) is 9.74. The fourth-order valence-corrected chi connectivity index (χ4v) is 3.55. The average molecular weight is 316 g/mol. The molecule has 0 bridgehead atoms. The normalized spacial score (nSPS) is 25.9. The Balaban J connectivity index is 2.28. The molecule has 7 heteroatoms. The summed E-state index contributed by atoms with van der Waals surface area (Å²) in [6.45, 7) is 3.84. The number of sulfone groups is 1. The predicted molar refractivity (Wildman–Crippen MR) is 79.4 cm³/mol. The van der Waals surface area contributed by atoms with Gasteiger partial charge in [0.25, 0.3) is 0 Å². The van der Waals surface area contributed by atoms with Crippen molar-refractivity contribution in [1.29, 1.82) is 0 Å². The van der Waals surface area contributed by atoms with Gasteiger partial charge in [0, 0.05) is 12.8 Å². The zero-order chi connectivity index (χ0) is 15.8. The minimum absolute atomic E-state index is 0.0985. The van der Waals surface area contributed by atoms with Crippen molar-refractivity contribution in [2.45, 2.75) is 51.1 Å². The van der Waals surface area contributed by atoms with Gasteiger partial charge in [-0.25, -0.2) is 8.42 Å². The van der Waals surface area contributed by atoms with Crippen molar-refractivity contribution in [3.8, 4) is 0 Å². The standard InChI is InChI=1S/C14H24N2O4S/c1-4-14(5-2)13(18)16(8-9-21(3,19)20)11(10-6-7-10)12(17)15-14/h10-11H,4-9H2,1-3H3,(H,15,17). The van der Waals surface area contributed by atoms with Gasteiger partial charge in [0.2, 0.25) is 11.8 Å². The fraction of sp³-hybridized carbons (Fsp3) is 0.857. The summed E-state index contributed by atoms with van der Waals surface area (Å²) in [6, 6.07) is -0.495. The number of hydrogen-bond acceptors (Lipinski definition) is 4. The van der Waals surface area contributed by atoms with Gasteiger partial charge in [-0.3, -0.25) is 9.59 Å². The molecular formula is C14H24N2O4S. The van der Waals surface area contributed by atoms with Crippen LogP contribution in [0.5, 0.6) is 0 Å². The molecule has 0 aromatic rings. The van der Waals surface area contributed by atoms with Crippen LogP contribution >= 0.6 is 0 Å². The van der Waals surface area contributed by atoms with Crippen LogP contribution in [0.25, 0.3) is 0 Å². The van der Waals surface area contributed by atoms with Gasteiger partial charge in [0.05, 0.1) is 5.75 Å². The Kier molecular flexibility index (Phi) is 4.33. The molecule has 1 saturated carbocycles. The Hall–Kier alpha value is -1.11. The van der Waals surface area contributed by atoms with Gasteiger partial charge >= 0.3 is 0 Å². The highest BCUT2D eigenvalue weighted by Crippen LogP contribution is 2.39. The molecular weight excluding hydrogens is 292 g/mol. The van der Waals surface area contributed by atoms with E-state index in [4.69, 9.17) is 0 Å². The Bertz CT molecular complexity index is 535. The second kappa shape index (κ2) is 5.59. The number of hydrogen-bond donors (Lipinski definition) is 1. The lowest BCUT2D eigenvalue weighted by atomic mass is 9.86. The number of nitrogens with zero attached hydrogens (tertiary/aromatic N) is 1. The van der Waals surface area contributed by atoms with Crippen LogP contribution in [0.3, 0.4) is 0 Å². The molecule has 1 atom stereocenters. The van der Waals surface area contributed by atoms with E-state index in [0.717, 1.165) is 19.1 Å². The molecule has 2 fully saturated rings. The van der Waals surface area contributed by atoms with Crippen LogP contribution in [-0.2, 0) is 19.4 Å². The zero-order valence-electron chi connectivity index (χ0n) is 12.9. The lowest BCUT2D eigenvalue weighted by Gasteiger charge is -2.45. The van der Waals surface area contributed by atoms with Crippen LogP contribution < -0.4 is 5.32 Å². The van der Waals surface area contributed by atoms with Crippen molar-refractivity contribution < 1.29 is 18.0 Å². The molecule has 0 spiro atoms. The van der Waals surface area contributed by atoms with E-state index in [9.17, 15) is 18.0 Å². The molecule has 1 unspecified atom stereocenters. The van der Waals surface area contributed by atoms with Crippen molar-refractivity contribution in [2.24, 2.45) is 5.92 Å². The van der Waals surface area contributed by atoms with Crippen LogP contribution in [0.15, 0.2) is 0 Å². The van der Waals surface area contributed by atoms with E-state index in [0.29, 0.717) is 12.8 Å². The summed E-state index contributed by atoms with van der Waals surface area (Å²) in [5, 5.41) is 2.90. The van der Waals surface area contributed by atoms with Crippen LogP contribution in [0.2, 0.25) is 0 Å². The molecule has 0 aromatic heterocycles. The highest BCUT2D eigenvalue weighted by atomic mass is 32.2. The quantitative estimate of drug-likeness (QED) is 0.765. The number of carbonyl (C=O) groups is 2. The second-order valence-corrected chi connectivity index (χ2v) is 8.45. The third-order valence-electron chi connectivity index (χ3n) is 4.62. The maximum absolute atomic E-state index is 12.8. The molecule has 2 aliphatic rings. The van der Waals surface area contributed by atoms with Gasteiger partial charge < -0.3 is 10.2 Å². The van der Waals surface area contributed by atoms with Crippen molar-refractivity contribution in [3.63, 3.8) is 0 Å². The molecule has 2 rings (SSSR count). The van der Waals surface area contributed by atoms with Crippen LogP contribution in [0.4, 0.5) is 0 Å². The van der Waals surface area contributed by atoms with Gasteiger partial charge in [-0.05, 0) is 31.6 Å². The number of nitrogens with one attached hydrogen (secondary N) is 1. The summed E-state index contributed by atoms with van der Waals surface area (Å²) in [6.07, 6.45) is 4.03. The first-order valence-electron chi connectivity index (χ1n) is 7.55. The summed E-state index contributed by atoms with van der Waals surface area (Å²) in [7, 11) is -3.17. The molecule has 1 saturated heterocycles. The van der Waals surface area contributed by atoms with Gasteiger partial charge in [-0.15, -0.1) is 0 Å². The molecule has 1 N–H and O–H groups in total. The number of rotatable bonds is 6. The molecule has 6 nitrogen and oxygen atoms in total. The summed E-state index contributed by atoms with van der Waals surface area (Å²) in [5.41, 5.74) is -0.875. The second-order valence-electron chi connectivity index (χ2n) is 6.19. The van der Waals surface area contributed by atoms with E-state index in [1.54, 1.807) is 0 Å². The van der Waals surface area contributed by atoms with Crippen LogP contribution in [0.1, 0.15) is 39.5 Å². The number of carbonyl (C=O) groups excluding carboxylic acids is 2. The molecule has 1 aliphatic heterocycles.